The highest BCUT2D eigenvalue weighted by molar-refractivity contribution is 5.76. The number of hydrogen-bond acceptors (Lipinski definition) is 4. The number of carbonyl (C=O) groups excluding carboxylic acids is 1. The Hall–Kier alpha value is -3.13. The second kappa shape index (κ2) is 9.13. The zero-order chi connectivity index (χ0) is 20.9. The fraction of sp³-hybridized carbons (Fsp3) is 0.318. The number of rotatable bonds is 7. The minimum absolute atomic E-state index is 0.0401. The second-order valence-electron chi connectivity index (χ2n) is 7.41. The molecule has 0 bridgehead atoms. The van der Waals surface area contributed by atoms with Gasteiger partial charge in [-0.1, -0.05) is 41.6 Å². The van der Waals surface area contributed by atoms with Crippen molar-refractivity contribution in [2.75, 3.05) is 6.54 Å². The zero-order valence-electron chi connectivity index (χ0n) is 16.5. The summed E-state index contributed by atoms with van der Waals surface area (Å²) in [7, 11) is 0. The number of carbonyl (C=O) groups is 1. The Balaban J connectivity index is 1.33. The number of benzene rings is 2. The third-order valence-electron chi connectivity index (χ3n) is 5.25. The van der Waals surface area contributed by atoms with Crippen LogP contribution in [0.2, 0.25) is 0 Å². The van der Waals surface area contributed by atoms with Crippen LogP contribution in [0.15, 0.2) is 48.5 Å². The molecule has 156 valence electrons. The quantitative estimate of drug-likeness (QED) is 0.650. The average molecular weight is 411 g/mol. The van der Waals surface area contributed by atoms with Crippen molar-refractivity contribution in [1.82, 2.24) is 25.2 Å². The van der Waals surface area contributed by atoms with Gasteiger partial charge in [0.1, 0.15) is 11.6 Å². The van der Waals surface area contributed by atoms with E-state index in [0.29, 0.717) is 51.1 Å². The molecule has 30 heavy (non-hydrogen) atoms. The first-order valence-corrected chi connectivity index (χ1v) is 9.96. The number of nitrogens with zero attached hydrogens (tertiary/aromatic N) is 4. The molecule has 3 aromatic rings. The van der Waals surface area contributed by atoms with E-state index in [2.05, 4.69) is 20.5 Å². The molecule has 1 N–H and O–H groups in total. The first-order valence-electron chi connectivity index (χ1n) is 9.96. The third kappa shape index (κ3) is 4.88. The van der Waals surface area contributed by atoms with Crippen molar-refractivity contribution in [3.63, 3.8) is 0 Å². The lowest BCUT2D eigenvalue weighted by molar-refractivity contribution is -0.121. The standard InChI is InChI=1S/C22H23F2N5O/c23-18-7-6-17(19(24)12-18)14-28-10-11-29-21(15-28)20(26-27-29)8-9-22(30)25-13-16-4-2-1-3-5-16/h1-7,12H,8-11,13-15H2,(H,25,30). The molecule has 0 spiro atoms. The highest BCUT2D eigenvalue weighted by Crippen LogP contribution is 2.19. The van der Waals surface area contributed by atoms with Crippen LogP contribution in [0.1, 0.15) is 28.9 Å². The number of aromatic nitrogens is 3. The number of halogens is 2. The summed E-state index contributed by atoms with van der Waals surface area (Å²) in [6.45, 7) is 2.78. The van der Waals surface area contributed by atoms with Crippen molar-refractivity contribution in [2.45, 2.75) is 39.0 Å². The molecule has 1 amide bonds. The van der Waals surface area contributed by atoms with Gasteiger partial charge in [0.25, 0.3) is 0 Å². The van der Waals surface area contributed by atoms with Crippen molar-refractivity contribution in [2.24, 2.45) is 0 Å². The summed E-state index contributed by atoms with van der Waals surface area (Å²) in [5.74, 6) is -1.16. The molecular formula is C22H23F2N5O. The van der Waals surface area contributed by atoms with Crippen LogP contribution in [0.5, 0.6) is 0 Å². The predicted molar refractivity (Wildman–Crippen MR) is 107 cm³/mol. The van der Waals surface area contributed by atoms with E-state index >= 15 is 0 Å². The molecule has 2 aromatic carbocycles. The van der Waals surface area contributed by atoms with Gasteiger partial charge in [-0.25, -0.2) is 13.5 Å². The Morgan fingerprint density at radius 2 is 1.93 bits per heavy atom. The molecule has 0 aliphatic carbocycles. The SMILES string of the molecule is O=C(CCc1nnn2c1CN(Cc1ccc(F)cc1F)CC2)NCc1ccccc1. The molecule has 0 radical (unpaired) electrons. The van der Waals surface area contributed by atoms with Crippen LogP contribution < -0.4 is 5.32 Å². The highest BCUT2D eigenvalue weighted by Gasteiger charge is 2.23. The van der Waals surface area contributed by atoms with E-state index in [1.165, 1.54) is 12.1 Å². The van der Waals surface area contributed by atoms with Crippen molar-refractivity contribution in [3.05, 3.63) is 82.7 Å². The fourth-order valence-electron chi connectivity index (χ4n) is 3.59. The van der Waals surface area contributed by atoms with Crippen LogP contribution in [-0.2, 0) is 37.4 Å². The molecule has 6 nitrogen and oxygen atoms in total. The predicted octanol–water partition coefficient (Wildman–Crippen LogP) is 2.82. The fourth-order valence-corrected chi connectivity index (χ4v) is 3.59. The lowest BCUT2D eigenvalue weighted by Gasteiger charge is -2.27. The summed E-state index contributed by atoms with van der Waals surface area (Å²) in [5, 5.41) is 11.3. The van der Waals surface area contributed by atoms with Gasteiger partial charge in [-0.2, -0.15) is 0 Å². The van der Waals surface area contributed by atoms with Crippen LogP contribution in [-0.4, -0.2) is 32.3 Å². The largest absolute Gasteiger partial charge is 0.352 e. The summed E-state index contributed by atoms with van der Waals surface area (Å²) in [6.07, 6.45) is 0.819. The summed E-state index contributed by atoms with van der Waals surface area (Å²) in [6, 6.07) is 13.4. The van der Waals surface area contributed by atoms with Gasteiger partial charge in [-0.15, -0.1) is 5.10 Å². The molecule has 0 unspecified atom stereocenters. The Kier molecular flexibility index (Phi) is 6.13. The summed E-state index contributed by atoms with van der Waals surface area (Å²) < 4.78 is 29.0. The molecule has 0 fully saturated rings. The molecule has 0 atom stereocenters. The van der Waals surface area contributed by atoms with Gasteiger partial charge in [-0.3, -0.25) is 9.69 Å². The normalized spacial score (nSPS) is 13.8. The Morgan fingerprint density at radius 1 is 1.10 bits per heavy atom. The Labute approximate surface area is 173 Å². The molecule has 0 saturated heterocycles. The van der Waals surface area contributed by atoms with Crippen molar-refractivity contribution in [1.29, 1.82) is 0 Å². The highest BCUT2D eigenvalue weighted by atomic mass is 19.1. The maximum atomic E-state index is 14.0. The van der Waals surface area contributed by atoms with E-state index in [4.69, 9.17) is 0 Å². The van der Waals surface area contributed by atoms with Crippen LogP contribution in [0.25, 0.3) is 0 Å². The molecule has 8 heteroatoms. The Bertz CT molecular complexity index is 1020. The molecule has 1 aromatic heterocycles. The van der Waals surface area contributed by atoms with Crippen LogP contribution in [0.3, 0.4) is 0 Å². The van der Waals surface area contributed by atoms with Crippen molar-refractivity contribution >= 4 is 5.91 Å². The smallest absolute Gasteiger partial charge is 0.220 e. The van der Waals surface area contributed by atoms with E-state index in [1.807, 2.05) is 35.0 Å². The monoisotopic (exact) mass is 411 g/mol. The topological polar surface area (TPSA) is 63.1 Å². The number of amides is 1. The first-order chi connectivity index (χ1) is 14.6. The van der Waals surface area contributed by atoms with Gasteiger partial charge in [0, 0.05) is 50.7 Å². The van der Waals surface area contributed by atoms with Crippen LogP contribution in [0, 0.1) is 11.6 Å². The minimum Gasteiger partial charge on any atom is -0.352 e. The van der Waals surface area contributed by atoms with Crippen LogP contribution in [0.4, 0.5) is 8.78 Å². The summed E-state index contributed by atoms with van der Waals surface area (Å²) in [5.41, 5.74) is 3.24. The number of hydrogen-bond donors (Lipinski definition) is 1. The lowest BCUT2D eigenvalue weighted by atomic mass is 10.1. The summed E-state index contributed by atoms with van der Waals surface area (Å²) in [4.78, 5) is 14.3. The van der Waals surface area contributed by atoms with E-state index in [9.17, 15) is 13.6 Å². The molecule has 2 heterocycles. The van der Waals surface area contributed by atoms with E-state index in [1.54, 1.807) is 0 Å². The average Bonchev–Trinajstić information content (AvgIpc) is 3.16. The van der Waals surface area contributed by atoms with E-state index in [0.717, 1.165) is 23.0 Å². The number of nitrogens with one attached hydrogen (secondary N) is 1. The Morgan fingerprint density at radius 3 is 2.73 bits per heavy atom. The second-order valence-corrected chi connectivity index (χ2v) is 7.41. The van der Waals surface area contributed by atoms with Gasteiger partial charge < -0.3 is 5.32 Å². The van der Waals surface area contributed by atoms with Crippen LogP contribution >= 0.6 is 0 Å². The number of fused-ring (bicyclic) bond motifs is 1. The van der Waals surface area contributed by atoms with Gasteiger partial charge >= 0.3 is 0 Å². The van der Waals surface area contributed by atoms with Gasteiger partial charge in [0.2, 0.25) is 5.91 Å². The molecule has 1 aliphatic heterocycles. The molecule has 4 rings (SSSR count). The molecule has 0 saturated carbocycles. The van der Waals surface area contributed by atoms with Gasteiger partial charge in [-0.05, 0) is 11.6 Å². The maximum absolute atomic E-state index is 14.0. The first kappa shape index (κ1) is 20.2. The van der Waals surface area contributed by atoms with Crippen molar-refractivity contribution in [3.8, 4) is 0 Å². The van der Waals surface area contributed by atoms with E-state index in [-0.39, 0.29) is 5.91 Å². The third-order valence-corrected chi connectivity index (χ3v) is 5.25. The molecular weight excluding hydrogens is 388 g/mol. The minimum atomic E-state index is -0.579. The van der Waals surface area contributed by atoms with Gasteiger partial charge in [0.05, 0.1) is 17.9 Å². The number of aryl methyl sites for hydroxylation is 1. The van der Waals surface area contributed by atoms with E-state index < -0.39 is 11.6 Å². The lowest BCUT2D eigenvalue weighted by Crippen LogP contribution is -2.34. The molecule has 1 aliphatic rings. The zero-order valence-corrected chi connectivity index (χ0v) is 16.5. The maximum Gasteiger partial charge on any atom is 0.220 e. The van der Waals surface area contributed by atoms with Crippen molar-refractivity contribution < 1.29 is 13.6 Å². The summed E-state index contributed by atoms with van der Waals surface area (Å²) >= 11 is 0. The van der Waals surface area contributed by atoms with Gasteiger partial charge in [0.15, 0.2) is 0 Å².